The highest BCUT2D eigenvalue weighted by atomic mass is 31.2. The molecule has 12 nitrogen and oxygen atoms in total. The van der Waals surface area contributed by atoms with Crippen molar-refractivity contribution in [3.8, 4) is 0 Å². The van der Waals surface area contributed by atoms with Gasteiger partial charge in [0.25, 0.3) is 5.56 Å². The summed E-state index contributed by atoms with van der Waals surface area (Å²) in [6.45, 7) is 1.30. The molecule has 1 aromatic rings. The number of ether oxygens (including phenoxy) is 2. The Morgan fingerprint density at radius 3 is 2.83 bits per heavy atom. The number of phosphoric acid groups is 1. The van der Waals surface area contributed by atoms with E-state index in [2.05, 4.69) is 14.8 Å². The molecule has 3 N–H and O–H groups in total. The fourth-order valence-electron chi connectivity index (χ4n) is 2.71. The zero-order valence-corrected chi connectivity index (χ0v) is 17.1. The Labute approximate surface area is 166 Å². The van der Waals surface area contributed by atoms with Crippen molar-refractivity contribution in [2.45, 2.75) is 31.8 Å². The van der Waals surface area contributed by atoms with Crippen molar-refractivity contribution < 1.29 is 32.8 Å². The van der Waals surface area contributed by atoms with Crippen LogP contribution in [-0.4, -0.2) is 59.9 Å². The number of methoxy groups -OCH3 is 1. The Balaban J connectivity index is 2.17. The van der Waals surface area contributed by atoms with Crippen molar-refractivity contribution in [1.29, 1.82) is 0 Å². The standard InChI is InChI=1S/C16H24N3O9P/c1-10(20)17-6-4-5-11-8-19(16(22)18-15(11)21)14-7-12(25-2)13(28-14)9-27-29(23,24)26-3/h4-5,8,12-14H,6-7,9H2,1-3H3,(H,17,20)(H,23,24)(H,18,21,22)/b5-4+. The maximum absolute atomic E-state index is 12.2. The molecule has 1 fully saturated rings. The third-order valence-electron chi connectivity index (χ3n) is 4.19. The molecule has 0 spiro atoms. The predicted octanol–water partition coefficient (Wildman–Crippen LogP) is -0.248. The normalized spacial score (nSPS) is 23.9. The molecule has 1 amide bonds. The molecular weight excluding hydrogens is 409 g/mol. The third-order valence-corrected chi connectivity index (χ3v) is 5.12. The fourth-order valence-corrected chi connectivity index (χ4v) is 3.15. The number of nitrogens with zero attached hydrogens (tertiary/aromatic N) is 1. The number of hydrogen-bond donors (Lipinski definition) is 3. The Morgan fingerprint density at radius 1 is 1.48 bits per heavy atom. The molecule has 0 saturated carbocycles. The lowest BCUT2D eigenvalue weighted by atomic mass is 10.2. The van der Waals surface area contributed by atoms with E-state index in [4.69, 9.17) is 14.0 Å². The van der Waals surface area contributed by atoms with Gasteiger partial charge in [-0.2, -0.15) is 0 Å². The minimum absolute atomic E-state index is 0.187. The number of carbonyl (C=O) groups is 1. The average molecular weight is 433 g/mol. The summed E-state index contributed by atoms with van der Waals surface area (Å²) in [5.41, 5.74) is -1.08. The first-order chi connectivity index (χ1) is 13.7. The molecule has 1 aliphatic heterocycles. The summed E-state index contributed by atoms with van der Waals surface area (Å²) in [7, 11) is -1.72. The number of H-pyrrole nitrogens is 1. The number of amides is 1. The minimum atomic E-state index is -4.19. The number of phosphoric ester groups is 1. The zero-order chi connectivity index (χ0) is 21.6. The van der Waals surface area contributed by atoms with Crippen molar-refractivity contribution in [2.24, 2.45) is 0 Å². The summed E-state index contributed by atoms with van der Waals surface area (Å²) in [5, 5.41) is 2.55. The van der Waals surface area contributed by atoms with E-state index in [0.29, 0.717) is 0 Å². The molecule has 0 bridgehead atoms. The van der Waals surface area contributed by atoms with Gasteiger partial charge in [-0.05, 0) is 0 Å². The molecule has 1 aliphatic rings. The SMILES string of the molecule is COC1CC(n2cc(/C=C/CNC(C)=O)c(=O)[nH]c2=O)OC1COP(=O)(O)OC. The van der Waals surface area contributed by atoms with Crippen LogP contribution in [0.5, 0.6) is 0 Å². The van der Waals surface area contributed by atoms with Crippen LogP contribution in [0.2, 0.25) is 0 Å². The van der Waals surface area contributed by atoms with Gasteiger partial charge in [0.05, 0.1) is 18.3 Å². The van der Waals surface area contributed by atoms with E-state index in [1.54, 1.807) is 6.08 Å². The lowest BCUT2D eigenvalue weighted by Crippen LogP contribution is -2.33. The second kappa shape index (κ2) is 10.1. The molecule has 2 rings (SSSR count). The van der Waals surface area contributed by atoms with Gasteiger partial charge in [-0.25, -0.2) is 9.36 Å². The van der Waals surface area contributed by atoms with Gasteiger partial charge in [0.15, 0.2) is 0 Å². The van der Waals surface area contributed by atoms with Gasteiger partial charge >= 0.3 is 13.5 Å². The molecule has 0 aliphatic carbocycles. The van der Waals surface area contributed by atoms with Gasteiger partial charge in [-0.3, -0.25) is 28.2 Å². The number of hydrogen-bond acceptors (Lipinski definition) is 8. The molecule has 4 unspecified atom stereocenters. The molecule has 162 valence electrons. The topological polar surface area (TPSA) is 158 Å². The first-order valence-corrected chi connectivity index (χ1v) is 10.1. The van der Waals surface area contributed by atoms with E-state index in [9.17, 15) is 23.8 Å². The Bertz CT molecular complexity index is 910. The summed E-state index contributed by atoms with van der Waals surface area (Å²) < 4.78 is 32.9. The van der Waals surface area contributed by atoms with Crippen molar-refractivity contribution in [2.75, 3.05) is 27.4 Å². The Morgan fingerprint density at radius 2 is 2.21 bits per heavy atom. The smallest absolute Gasteiger partial charge is 0.378 e. The number of aromatic amines is 1. The summed E-state index contributed by atoms with van der Waals surface area (Å²) in [5.74, 6) is -0.215. The van der Waals surface area contributed by atoms with Gasteiger partial charge < -0.3 is 19.7 Å². The Kier molecular flexibility index (Phi) is 8.08. The van der Waals surface area contributed by atoms with E-state index in [-0.39, 0.29) is 31.0 Å². The van der Waals surface area contributed by atoms with Crippen LogP contribution in [0.15, 0.2) is 21.9 Å². The molecule has 0 aromatic carbocycles. The highest BCUT2D eigenvalue weighted by Gasteiger charge is 2.38. The van der Waals surface area contributed by atoms with Gasteiger partial charge in [0.2, 0.25) is 5.91 Å². The number of carbonyl (C=O) groups excluding carboxylic acids is 1. The molecule has 1 aromatic heterocycles. The molecule has 4 atom stereocenters. The van der Waals surface area contributed by atoms with Crippen molar-refractivity contribution in [3.63, 3.8) is 0 Å². The highest BCUT2D eigenvalue weighted by molar-refractivity contribution is 7.47. The number of aromatic nitrogens is 2. The minimum Gasteiger partial charge on any atom is -0.378 e. The zero-order valence-electron chi connectivity index (χ0n) is 16.2. The first-order valence-electron chi connectivity index (χ1n) is 8.64. The molecule has 1 saturated heterocycles. The lowest BCUT2D eigenvalue weighted by molar-refractivity contribution is -0.118. The van der Waals surface area contributed by atoms with E-state index < -0.39 is 37.5 Å². The maximum atomic E-state index is 12.2. The van der Waals surface area contributed by atoms with Gasteiger partial charge in [0, 0.05) is 40.3 Å². The predicted molar refractivity (Wildman–Crippen MR) is 101 cm³/mol. The third kappa shape index (κ3) is 6.46. The fraction of sp³-hybridized carbons (Fsp3) is 0.562. The van der Waals surface area contributed by atoms with Gasteiger partial charge in [-0.15, -0.1) is 0 Å². The van der Waals surface area contributed by atoms with Gasteiger partial charge in [0.1, 0.15) is 12.3 Å². The van der Waals surface area contributed by atoms with E-state index in [1.807, 2.05) is 0 Å². The Hall–Kier alpha value is -2.08. The molecule has 13 heteroatoms. The van der Waals surface area contributed by atoms with Crippen LogP contribution in [0.1, 0.15) is 25.1 Å². The molecular formula is C16H24N3O9P. The van der Waals surface area contributed by atoms with Crippen LogP contribution in [0.4, 0.5) is 0 Å². The van der Waals surface area contributed by atoms with Crippen molar-refractivity contribution in [3.05, 3.63) is 38.7 Å². The largest absolute Gasteiger partial charge is 0.472 e. The van der Waals surface area contributed by atoms with Crippen LogP contribution in [0.3, 0.4) is 0 Å². The van der Waals surface area contributed by atoms with Crippen LogP contribution in [-0.2, 0) is 27.9 Å². The van der Waals surface area contributed by atoms with Crippen LogP contribution in [0.25, 0.3) is 6.08 Å². The average Bonchev–Trinajstić information content (AvgIpc) is 3.08. The van der Waals surface area contributed by atoms with Crippen LogP contribution >= 0.6 is 7.82 Å². The first kappa shape index (κ1) is 23.2. The summed E-state index contributed by atoms with van der Waals surface area (Å²) in [6, 6.07) is 0. The maximum Gasteiger partial charge on any atom is 0.472 e. The number of rotatable bonds is 9. The lowest BCUT2D eigenvalue weighted by Gasteiger charge is -2.18. The monoisotopic (exact) mass is 433 g/mol. The summed E-state index contributed by atoms with van der Waals surface area (Å²) >= 11 is 0. The molecule has 2 heterocycles. The van der Waals surface area contributed by atoms with Crippen LogP contribution in [0, 0.1) is 0 Å². The van der Waals surface area contributed by atoms with E-state index >= 15 is 0 Å². The van der Waals surface area contributed by atoms with Gasteiger partial charge in [-0.1, -0.05) is 12.2 Å². The molecule has 29 heavy (non-hydrogen) atoms. The van der Waals surface area contributed by atoms with E-state index in [1.165, 1.54) is 30.9 Å². The van der Waals surface area contributed by atoms with Crippen LogP contribution < -0.4 is 16.6 Å². The second-order valence-electron chi connectivity index (χ2n) is 6.18. The molecule has 0 radical (unpaired) electrons. The number of nitrogens with one attached hydrogen (secondary N) is 2. The highest BCUT2D eigenvalue weighted by Crippen LogP contribution is 2.43. The van der Waals surface area contributed by atoms with Crippen molar-refractivity contribution >= 4 is 19.8 Å². The van der Waals surface area contributed by atoms with Crippen molar-refractivity contribution in [1.82, 2.24) is 14.9 Å². The summed E-state index contributed by atoms with van der Waals surface area (Å²) in [6.07, 6.45) is 2.56. The second-order valence-corrected chi connectivity index (χ2v) is 7.74. The summed E-state index contributed by atoms with van der Waals surface area (Å²) in [4.78, 5) is 46.7. The quantitative estimate of drug-likeness (QED) is 0.447. The van der Waals surface area contributed by atoms with E-state index in [0.717, 1.165) is 7.11 Å².